The molecule has 1 fully saturated rings. The monoisotopic (exact) mass is 376 g/mol. The van der Waals surface area contributed by atoms with Crippen molar-refractivity contribution in [3.8, 4) is 0 Å². The molecule has 0 aromatic carbocycles. The van der Waals surface area contributed by atoms with Gasteiger partial charge in [0.15, 0.2) is 0 Å². The Morgan fingerprint density at radius 2 is 1.77 bits per heavy atom. The summed E-state index contributed by atoms with van der Waals surface area (Å²) in [6.07, 6.45) is 6.92. The summed E-state index contributed by atoms with van der Waals surface area (Å²) in [7, 11) is 0. The molecule has 26 heavy (non-hydrogen) atoms. The van der Waals surface area contributed by atoms with Crippen LogP contribution in [0.3, 0.4) is 0 Å². The number of nitrogens with one attached hydrogen (secondary N) is 1. The van der Waals surface area contributed by atoms with E-state index in [1.807, 2.05) is 12.2 Å². The number of carbonyl (C=O) groups is 3. The Labute approximate surface area is 156 Å². The highest BCUT2D eigenvalue weighted by Gasteiger charge is 2.50. The van der Waals surface area contributed by atoms with Gasteiger partial charge in [0.05, 0.1) is 11.8 Å². The lowest BCUT2D eigenvalue weighted by molar-refractivity contribution is -0.146. The van der Waals surface area contributed by atoms with Crippen LogP contribution in [-0.2, 0) is 14.4 Å². The Bertz CT molecular complexity index is 715. The maximum Gasteiger partial charge on any atom is 0.249 e. The summed E-state index contributed by atoms with van der Waals surface area (Å²) in [6, 6.07) is -0.860. The molecule has 2 heterocycles. The lowest BCUT2D eigenvalue weighted by Gasteiger charge is -2.21. The summed E-state index contributed by atoms with van der Waals surface area (Å²) in [5.74, 6) is -1.24. The minimum absolute atomic E-state index is 0.248. The van der Waals surface area contributed by atoms with E-state index < -0.39 is 11.9 Å². The molecule has 1 aromatic rings. The zero-order chi connectivity index (χ0) is 18.8. The van der Waals surface area contributed by atoms with Gasteiger partial charge in [-0.25, -0.2) is 0 Å². The van der Waals surface area contributed by atoms with Crippen LogP contribution in [0.25, 0.3) is 0 Å². The summed E-state index contributed by atoms with van der Waals surface area (Å²) in [4.78, 5) is 38.9. The molecule has 0 radical (unpaired) electrons. The number of imide groups is 1. The van der Waals surface area contributed by atoms with Crippen molar-refractivity contribution in [1.29, 1.82) is 0 Å². The number of anilines is 1. The number of fused-ring (bicyclic) bond motifs is 1. The van der Waals surface area contributed by atoms with Gasteiger partial charge >= 0.3 is 0 Å². The van der Waals surface area contributed by atoms with Crippen LogP contribution in [0, 0.1) is 11.8 Å². The number of hydrogen-bond donors (Lipinski definition) is 1. The van der Waals surface area contributed by atoms with Gasteiger partial charge < -0.3 is 0 Å². The smallest absolute Gasteiger partial charge is 0.249 e. The molecular formula is C18H24N4O3S. The largest absolute Gasteiger partial charge is 0.299 e. The zero-order valence-electron chi connectivity index (χ0n) is 15.3. The first kappa shape index (κ1) is 18.7. The predicted octanol–water partition coefficient (Wildman–Crippen LogP) is 2.72. The molecule has 0 spiro atoms. The standard InChI is InChI=1S/C18H24N4O3S/c1-4-11(5-2)15-20-21-18(26-15)19-14(23)10(3)22-16(24)12-8-6-7-9-13(12)17(22)25/h6-7,10-13H,4-5,8-9H2,1-3H3,(H,19,21,23)/t10-,12+,13+/m0/s1. The van der Waals surface area contributed by atoms with Gasteiger partial charge in [0, 0.05) is 5.92 Å². The summed E-state index contributed by atoms with van der Waals surface area (Å²) < 4.78 is 0. The first-order valence-corrected chi connectivity index (χ1v) is 9.95. The maximum absolute atomic E-state index is 12.6. The summed E-state index contributed by atoms with van der Waals surface area (Å²) in [5.41, 5.74) is 0. The van der Waals surface area contributed by atoms with E-state index >= 15 is 0 Å². The highest BCUT2D eigenvalue weighted by atomic mass is 32.1. The lowest BCUT2D eigenvalue weighted by atomic mass is 9.85. The van der Waals surface area contributed by atoms with Crippen LogP contribution in [0.15, 0.2) is 12.2 Å². The number of likely N-dealkylation sites (tertiary alicyclic amines) is 1. The SMILES string of the molecule is CCC(CC)c1nnc(NC(=O)[C@H](C)N2C(=O)[C@@H]3CC=CC[C@H]3C2=O)s1. The summed E-state index contributed by atoms with van der Waals surface area (Å²) >= 11 is 1.35. The summed E-state index contributed by atoms with van der Waals surface area (Å²) in [5, 5.41) is 12.2. The fourth-order valence-corrected chi connectivity index (χ4v) is 4.64. The molecule has 0 unspecified atom stereocenters. The molecule has 3 atom stereocenters. The third-order valence-electron chi connectivity index (χ3n) is 5.31. The van der Waals surface area contributed by atoms with Crippen molar-refractivity contribution in [1.82, 2.24) is 15.1 Å². The molecule has 1 aliphatic carbocycles. The maximum atomic E-state index is 12.6. The van der Waals surface area contributed by atoms with E-state index in [0.29, 0.717) is 23.9 Å². The minimum atomic E-state index is -0.860. The number of hydrogen-bond acceptors (Lipinski definition) is 6. The third kappa shape index (κ3) is 3.30. The van der Waals surface area contributed by atoms with E-state index in [0.717, 1.165) is 22.7 Å². The topological polar surface area (TPSA) is 92.3 Å². The van der Waals surface area contributed by atoms with Crippen LogP contribution in [0.2, 0.25) is 0 Å². The van der Waals surface area contributed by atoms with E-state index in [1.54, 1.807) is 6.92 Å². The molecule has 3 amide bonds. The van der Waals surface area contributed by atoms with E-state index in [9.17, 15) is 14.4 Å². The van der Waals surface area contributed by atoms with Crippen molar-refractivity contribution in [2.45, 2.75) is 58.4 Å². The van der Waals surface area contributed by atoms with Gasteiger partial charge in [0.25, 0.3) is 0 Å². The van der Waals surface area contributed by atoms with Gasteiger partial charge in [0.1, 0.15) is 11.0 Å². The second-order valence-electron chi connectivity index (χ2n) is 6.83. The van der Waals surface area contributed by atoms with Gasteiger partial charge in [-0.1, -0.05) is 37.3 Å². The first-order chi connectivity index (χ1) is 12.5. The number of aromatic nitrogens is 2. The van der Waals surface area contributed by atoms with Gasteiger partial charge in [-0.2, -0.15) is 0 Å². The van der Waals surface area contributed by atoms with Crippen LogP contribution in [0.5, 0.6) is 0 Å². The Morgan fingerprint density at radius 1 is 1.19 bits per heavy atom. The summed E-state index contributed by atoms with van der Waals surface area (Å²) in [6.45, 7) is 5.77. The number of nitrogens with zero attached hydrogens (tertiary/aromatic N) is 3. The van der Waals surface area contributed by atoms with Crippen molar-refractivity contribution in [3.05, 3.63) is 17.2 Å². The first-order valence-electron chi connectivity index (χ1n) is 9.14. The second kappa shape index (κ2) is 7.65. The highest BCUT2D eigenvalue weighted by Crippen LogP contribution is 2.36. The van der Waals surface area contributed by atoms with Crippen molar-refractivity contribution in [2.24, 2.45) is 11.8 Å². The number of carbonyl (C=O) groups excluding carboxylic acids is 3. The molecule has 8 heteroatoms. The Morgan fingerprint density at radius 3 is 2.31 bits per heavy atom. The van der Waals surface area contributed by atoms with Crippen LogP contribution in [0.4, 0.5) is 5.13 Å². The molecule has 140 valence electrons. The van der Waals surface area contributed by atoms with Crippen molar-refractivity contribution < 1.29 is 14.4 Å². The van der Waals surface area contributed by atoms with Crippen molar-refractivity contribution in [3.63, 3.8) is 0 Å². The average Bonchev–Trinajstić information content (AvgIpc) is 3.19. The fraction of sp³-hybridized carbons (Fsp3) is 0.611. The lowest BCUT2D eigenvalue weighted by Crippen LogP contribution is -2.46. The second-order valence-corrected chi connectivity index (χ2v) is 7.84. The molecule has 1 aromatic heterocycles. The van der Waals surface area contributed by atoms with E-state index in [2.05, 4.69) is 29.4 Å². The van der Waals surface area contributed by atoms with Crippen LogP contribution >= 0.6 is 11.3 Å². The molecule has 1 aliphatic heterocycles. The van der Waals surface area contributed by atoms with Crippen LogP contribution in [-0.4, -0.2) is 38.9 Å². The van der Waals surface area contributed by atoms with E-state index in [1.165, 1.54) is 11.3 Å². The molecule has 3 rings (SSSR count). The van der Waals surface area contributed by atoms with Crippen LogP contribution < -0.4 is 5.32 Å². The van der Waals surface area contributed by atoms with E-state index in [4.69, 9.17) is 0 Å². The highest BCUT2D eigenvalue weighted by molar-refractivity contribution is 7.15. The molecule has 1 saturated heterocycles. The molecule has 0 saturated carbocycles. The average molecular weight is 376 g/mol. The molecule has 0 bridgehead atoms. The van der Waals surface area contributed by atoms with Crippen LogP contribution in [0.1, 0.15) is 57.4 Å². The Kier molecular flexibility index (Phi) is 5.50. The minimum Gasteiger partial charge on any atom is -0.299 e. The molecule has 2 aliphatic rings. The molecule has 7 nitrogen and oxygen atoms in total. The number of allylic oxidation sites excluding steroid dienone is 2. The number of rotatable bonds is 6. The fourth-order valence-electron chi connectivity index (χ4n) is 3.62. The third-order valence-corrected chi connectivity index (χ3v) is 6.32. The van der Waals surface area contributed by atoms with Crippen molar-refractivity contribution in [2.75, 3.05) is 5.32 Å². The van der Waals surface area contributed by atoms with Gasteiger partial charge in [-0.3, -0.25) is 24.6 Å². The Balaban J connectivity index is 1.68. The predicted molar refractivity (Wildman–Crippen MR) is 98.5 cm³/mol. The quantitative estimate of drug-likeness (QED) is 0.609. The van der Waals surface area contributed by atoms with Gasteiger partial charge in [0.2, 0.25) is 22.9 Å². The van der Waals surface area contributed by atoms with Crippen molar-refractivity contribution >= 4 is 34.2 Å². The van der Waals surface area contributed by atoms with Gasteiger partial charge in [-0.15, -0.1) is 10.2 Å². The number of amides is 3. The van der Waals surface area contributed by atoms with E-state index in [-0.39, 0.29) is 23.7 Å². The zero-order valence-corrected chi connectivity index (χ0v) is 16.1. The molecular weight excluding hydrogens is 352 g/mol. The molecule has 1 N–H and O–H groups in total. The van der Waals surface area contributed by atoms with Gasteiger partial charge in [-0.05, 0) is 32.6 Å². The normalized spacial score (nSPS) is 23.5. The Hall–Kier alpha value is -2.09.